The second kappa shape index (κ2) is 7.08. The molecule has 0 saturated heterocycles. The highest BCUT2D eigenvalue weighted by Gasteiger charge is 2.36. The third kappa shape index (κ3) is 3.72. The molecule has 2 aliphatic carbocycles. The van der Waals surface area contributed by atoms with Gasteiger partial charge in [0.25, 0.3) is 0 Å². The van der Waals surface area contributed by atoms with Crippen molar-refractivity contribution in [3.63, 3.8) is 0 Å². The maximum absolute atomic E-state index is 10.4. The van der Waals surface area contributed by atoms with Gasteiger partial charge in [0, 0.05) is 12.1 Å². The van der Waals surface area contributed by atoms with E-state index in [2.05, 4.69) is 25.8 Å². The van der Waals surface area contributed by atoms with E-state index >= 15 is 0 Å². The van der Waals surface area contributed by atoms with Crippen molar-refractivity contribution in [1.82, 2.24) is 4.90 Å². The van der Waals surface area contributed by atoms with Crippen LogP contribution in [-0.2, 0) is 0 Å². The first kappa shape index (κ1) is 15.3. The molecule has 0 aliphatic heterocycles. The molecule has 5 unspecified atom stereocenters. The van der Waals surface area contributed by atoms with Crippen LogP contribution in [-0.4, -0.2) is 35.2 Å². The Balaban J connectivity index is 1.96. The van der Waals surface area contributed by atoms with Crippen LogP contribution in [0.25, 0.3) is 0 Å². The van der Waals surface area contributed by atoms with Gasteiger partial charge in [-0.05, 0) is 51.0 Å². The van der Waals surface area contributed by atoms with Crippen molar-refractivity contribution in [1.29, 1.82) is 0 Å². The van der Waals surface area contributed by atoms with Crippen LogP contribution in [0.15, 0.2) is 0 Å². The highest BCUT2D eigenvalue weighted by molar-refractivity contribution is 4.90. The summed E-state index contributed by atoms with van der Waals surface area (Å²) in [6.45, 7) is 4.69. The molecular weight excluding hydrogens is 234 g/mol. The van der Waals surface area contributed by atoms with Crippen LogP contribution in [0.3, 0.4) is 0 Å². The first-order valence-electron chi connectivity index (χ1n) is 8.53. The van der Waals surface area contributed by atoms with Gasteiger partial charge in [0.05, 0.1) is 6.10 Å². The Morgan fingerprint density at radius 2 is 1.79 bits per heavy atom. The van der Waals surface area contributed by atoms with Crippen LogP contribution in [0, 0.1) is 11.8 Å². The second-order valence-electron chi connectivity index (χ2n) is 7.10. The van der Waals surface area contributed by atoms with Gasteiger partial charge in [-0.1, -0.05) is 39.5 Å². The predicted molar refractivity (Wildman–Crippen MR) is 81.2 cm³/mol. The van der Waals surface area contributed by atoms with E-state index in [0.717, 1.165) is 18.3 Å². The monoisotopic (exact) mass is 267 g/mol. The highest BCUT2D eigenvalue weighted by atomic mass is 16.3. The average Bonchev–Trinajstić information content (AvgIpc) is 2.41. The lowest BCUT2D eigenvalue weighted by atomic mass is 9.78. The van der Waals surface area contributed by atoms with Crippen LogP contribution in [0.4, 0.5) is 0 Å². The summed E-state index contributed by atoms with van der Waals surface area (Å²) in [5.41, 5.74) is 0. The average molecular weight is 267 g/mol. The summed E-state index contributed by atoms with van der Waals surface area (Å²) < 4.78 is 0. The van der Waals surface area contributed by atoms with Gasteiger partial charge < -0.3 is 5.11 Å². The van der Waals surface area contributed by atoms with Gasteiger partial charge in [0.2, 0.25) is 0 Å². The Labute approximate surface area is 119 Å². The summed E-state index contributed by atoms with van der Waals surface area (Å²) >= 11 is 0. The number of aliphatic hydroxyl groups is 1. The largest absolute Gasteiger partial charge is 0.391 e. The zero-order valence-electron chi connectivity index (χ0n) is 13.1. The fraction of sp³-hybridized carbons (Fsp3) is 1.00. The normalized spacial score (nSPS) is 40.6. The highest BCUT2D eigenvalue weighted by Crippen LogP contribution is 2.35. The third-order valence-corrected chi connectivity index (χ3v) is 5.70. The lowest BCUT2D eigenvalue weighted by Gasteiger charge is -2.45. The Morgan fingerprint density at radius 3 is 2.47 bits per heavy atom. The molecule has 2 fully saturated rings. The molecule has 2 rings (SSSR count). The van der Waals surface area contributed by atoms with Gasteiger partial charge in [-0.3, -0.25) is 4.90 Å². The molecular formula is C17H33NO. The molecule has 0 heterocycles. The summed E-state index contributed by atoms with van der Waals surface area (Å²) in [6.07, 6.45) is 11.5. The SMILES string of the molecule is CCCC1CCC(O)C(N(C)C2CCCCC2C)C1. The summed E-state index contributed by atoms with van der Waals surface area (Å²) in [7, 11) is 2.27. The van der Waals surface area contributed by atoms with Gasteiger partial charge in [-0.25, -0.2) is 0 Å². The number of hydrogen-bond donors (Lipinski definition) is 1. The number of rotatable bonds is 4. The molecule has 2 nitrogen and oxygen atoms in total. The zero-order valence-corrected chi connectivity index (χ0v) is 13.1. The van der Waals surface area contributed by atoms with Gasteiger partial charge in [-0.2, -0.15) is 0 Å². The van der Waals surface area contributed by atoms with Crippen LogP contribution in [0.5, 0.6) is 0 Å². The smallest absolute Gasteiger partial charge is 0.0695 e. The summed E-state index contributed by atoms with van der Waals surface area (Å²) in [4.78, 5) is 2.55. The van der Waals surface area contributed by atoms with Crippen molar-refractivity contribution in [2.45, 2.75) is 89.8 Å². The maximum atomic E-state index is 10.4. The molecule has 0 spiro atoms. The van der Waals surface area contributed by atoms with Gasteiger partial charge >= 0.3 is 0 Å². The van der Waals surface area contributed by atoms with Gasteiger partial charge in [0.1, 0.15) is 0 Å². The standard InChI is InChI=1S/C17H33NO/c1-4-7-14-10-11-17(19)16(12-14)18(3)15-9-6-5-8-13(15)2/h13-17,19H,4-12H2,1-3H3. The first-order valence-corrected chi connectivity index (χ1v) is 8.53. The van der Waals surface area contributed by atoms with Crippen LogP contribution in [0.2, 0.25) is 0 Å². The van der Waals surface area contributed by atoms with E-state index in [9.17, 15) is 5.11 Å². The zero-order chi connectivity index (χ0) is 13.8. The number of aliphatic hydroxyl groups excluding tert-OH is 1. The van der Waals surface area contributed by atoms with E-state index in [0.29, 0.717) is 12.1 Å². The minimum Gasteiger partial charge on any atom is -0.391 e. The summed E-state index contributed by atoms with van der Waals surface area (Å²) in [6, 6.07) is 1.12. The minimum absolute atomic E-state index is 0.0905. The molecule has 112 valence electrons. The van der Waals surface area contributed by atoms with Crippen molar-refractivity contribution in [3.05, 3.63) is 0 Å². The first-order chi connectivity index (χ1) is 9.13. The number of hydrogen-bond acceptors (Lipinski definition) is 2. The fourth-order valence-electron chi connectivity index (χ4n) is 4.47. The predicted octanol–water partition coefficient (Wildman–Crippen LogP) is 3.83. The summed E-state index contributed by atoms with van der Waals surface area (Å²) in [5.74, 6) is 1.65. The molecule has 19 heavy (non-hydrogen) atoms. The minimum atomic E-state index is -0.0905. The van der Waals surface area contributed by atoms with E-state index in [-0.39, 0.29) is 6.10 Å². The maximum Gasteiger partial charge on any atom is 0.0695 e. The topological polar surface area (TPSA) is 23.5 Å². The Hall–Kier alpha value is -0.0800. The number of likely N-dealkylation sites (N-methyl/N-ethyl adjacent to an activating group) is 1. The van der Waals surface area contributed by atoms with Crippen LogP contribution >= 0.6 is 0 Å². The van der Waals surface area contributed by atoms with E-state index in [4.69, 9.17) is 0 Å². The quantitative estimate of drug-likeness (QED) is 0.837. The van der Waals surface area contributed by atoms with Crippen LogP contribution in [0.1, 0.15) is 71.6 Å². The summed E-state index contributed by atoms with van der Waals surface area (Å²) in [5, 5.41) is 10.4. The van der Waals surface area contributed by atoms with Crippen LogP contribution < -0.4 is 0 Å². The Bertz CT molecular complexity index is 268. The fourth-order valence-corrected chi connectivity index (χ4v) is 4.47. The lowest BCUT2D eigenvalue weighted by molar-refractivity contribution is -0.0220. The molecule has 0 amide bonds. The molecule has 0 bridgehead atoms. The molecule has 1 N–H and O–H groups in total. The molecule has 0 aromatic carbocycles. The van der Waals surface area contributed by atoms with Gasteiger partial charge in [0.15, 0.2) is 0 Å². The van der Waals surface area contributed by atoms with Crippen molar-refractivity contribution in [2.24, 2.45) is 11.8 Å². The molecule has 2 saturated carbocycles. The molecule has 2 heteroatoms. The van der Waals surface area contributed by atoms with E-state index in [1.54, 1.807) is 0 Å². The molecule has 0 aromatic heterocycles. The van der Waals surface area contributed by atoms with Crippen molar-refractivity contribution >= 4 is 0 Å². The van der Waals surface area contributed by atoms with Gasteiger partial charge in [-0.15, -0.1) is 0 Å². The molecule has 0 aromatic rings. The van der Waals surface area contributed by atoms with E-state index in [1.165, 1.54) is 51.4 Å². The second-order valence-corrected chi connectivity index (χ2v) is 7.10. The molecule has 2 aliphatic rings. The van der Waals surface area contributed by atoms with Crippen molar-refractivity contribution in [2.75, 3.05) is 7.05 Å². The van der Waals surface area contributed by atoms with E-state index < -0.39 is 0 Å². The molecule has 5 atom stereocenters. The Morgan fingerprint density at radius 1 is 1.05 bits per heavy atom. The van der Waals surface area contributed by atoms with Crippen molar-refractivity contribution < 1.29 is 5.11 Å². The Kier molecular flexibility index (Phi) is 5.70. The van der Waals surface area contributed by atoms with Crippen molar-refractivity contribution in [3.8, 4) is 0 Å². The third-order valence-electron chi connectivity index (χ3n) is 5.70. The lowest BCUT2D eigenvalue weighted by Crippen LogP contribution is -2.52. The van der Waals surface area contributed by atoms with E-state index in [1.807, 2.05) is 0 Å². The number of nitrogens with zero attached hydrogens (tertiary/aromatic N) is 1. The molecule has 0 radical (unpaired) electrons.